The maximum absolute atomic E-state index is 5.72. The zero-order valence-electron chi connectivity index (χ0n) is 8.57. The highest BCUT2D eigenvalue weighted by Gasteiger charge is 2.16. The molecule has 1 aliphatic rings. The third-order valence-corrected chi connectivity index (χ3v) is 2.56. The average Bonchev–Trinajstić information content (AvgIpc) is 2.69. The maximum Gasteiger partial charge on any atom is 0.194 e. The smallest absolute Gasteiger partial charge is 0.194 e. The van der Waals surface area contributed by atoms with Crippen molar-refractivity contribution >= 4 is 17.6 Å². The van der Waals surface area contributed by atoms with E-state index in [1.54, 1.807) is 13.2 Å². The van der Waals surface area contributed by atoms with Crippen molar-refractivity contribution < 1.29 is 0 Å². The fourth-order valence-corrected chi connectivity index (χ4v) is 1.73. The van der Waals surface area contributed by atoms with Gasteiger partial charge in [-0.2, -0.15) is 0 Å². The van der Waals surface area contributed by atoms with E-state index in [4.69, 9.17) is 11.6 Å². The maximum atomic E-state index is 5.72. The van der Waals surface area contributed by atoms with Crippen LogP contribution < -0.4 is 5.32 Å². The summed E-state index contributed by atoms with van der Waals surface area (Å²) in [5.41, 5.74) is 1.14. The Kier molecular flexibility index (Phi) is 3.06. The topological polar surface area (TPSA) is 40.5 Å². The molecule has 0 unspecified atom stereocenters. The van der Waals surface area contributed by atoms with Gasteiger partial charge >= 0.3 is 0 Å². The van der Waals surface area contributed by atoms with Gasteiger partial charge in [0.2, 0.25) is 0 Å². The van der Waals surface area contributed by atoms with Crippen LogP contribution >= 0.6 is 11.6 Å². The fourth-order valence-electron chi connectivity index (χ4n) is 1.62. The summed E-state index contributed by atoms with van der Waals surface area (Å²) in [7, 11) is 1.79. The molecule has 15 heavy (non-hydrogen) atoms. The van der Waals surface area contributed by atoms with Crippen molar-refractivity contribution in [1.82, 2.24) is 15.2 Å². The van der Waals surface area contributed by atoms with Gasteiger partial charge in [0.05, 0.1) is 0 Å². The van der Waals surface area contributed by atoms with Crippen LogP contribution in [-0.4, -0.2) is 36.0 Å². The Morgan fingerprint density at radius 3 is 3.13 bits per heavy atom. The molecular formula is C10H13ClN4. The van der Waals surface area contributed by atoms with Crippen LogP contribution in [0.1, 0.15) is 5.56 Å². The van der Waals surface area contributed by atoms with Gasteiger partial charge in [-0.15, -0.1) is 0 Å². The number of pyridine rings is 1. The van der Waals surface area contributed by atoms with Crippen molar-refractivity contribution in [3.63, 3.8) is 0 Å². The highest BCUT2D eigenvalue weighted by Crippen LogP contribution is 2.09. The molecule has 2 rings (SSSR count). The van der Waals surface area contributed by atoms with Gasteiger partial charge in [0, 0.05) is 32.9 Å². The van der Waals surface area contributed by atoms with E-state index < -0.39 is 0 Å². The van der Waals surface area contributed by atoms with Crippen LogP contribution in [0.3, 0.4) is 0 Å². The molecule has 0 radical (unpaired) electrons. The van der Waals surface area contributed by atoms with E-state index in [2.05, 4.69) is 20.2 Å². The highest BCUT2D eigenvalue weighted by atomic mass is 35.5. The molecule has 80 valence electrons. The van der Waals surface area contributed by atoms with E-state index in [1.165, 1.54) is 0 Å². The molecule has 1 aromatic rings. The number of rotatable bonds is 2. The molecule has 0 aliphatic carbocycles. The van der Waals surface area contributed by atoms with Gasteiger partial charge in [0.25, 0.3) is 0 Å². The number of hydrogen-bond acceptors (Lipinski definition) is 2. The minimum Gasteiger partial charge on any atom is -0.354 e. The molecule has 5 heteroatoms. The Morgan fingerprint density at radius 2 is 2.47 bits per heavy atom. The Balaban J connectivity index is 2.05. The second-order valence-corrected chi connectivity index (χ2v) is 3.77. The number of guanidine groups is 1. The molecule has 0 spiro atoms. The predicted molar refractivity (Wildman–Crippen MR) is 61.0 cm³/mol. The normalized spacial score (nSPS) is 18.3. The summed E-state index contributed by atoms with van der Waals surface area (Å²) in [6.07, 6.45) is 1.80. The van der Waals surface area contributed by atoms with E-state index in [9.17, 15) is 0 Å². The molecule has 1 aliphatic heterocycles. The van der Waals surface area contributed by atoms with Gasteiger partial charge < -0.3 is 10.2 Å². The van der Waals surface area contributed by atoms with Gasteiger partial charge in [-0.3, -0.25) is 4.99 Å². The monoisotopic (exact) mass is 224 g/mol. The van der Waals surface area contributed by atoms with Crippen molar-refractivity contribution in [3.05, 3.63) is 29.0 Å². The first kappa shape index (κ1) is 10.2. The minimum atomic E-state index is 0.530. The van der Waals surface area contributed by atoms with E-state index in [1.807, 2.05) is 12.1 Å². The summed E-state index contributed by atoms with van der Waals surface area (Å²) >= 11 is 5.72. The van der Waals surface area contributed by atoms with E-state index >= 15 is 0 Å². The number of nitrogens with zero attached hydrogens (tertiary/aromatic N) is 3. The summed E-state index contributed by atoms with van der Waals surface area (Å²) in [5, 5.41) is 3.75. The van der Waals surface area contributed by atoms with Crippen molar-refractivity contribution in [2.24, 2.45) is 4.99 Å². The van der Waals surface area contributed by atoms with Crippen molar-refractivity contribution in [1.29, 1.82) is 0 Å². The van der Waals surface area contributed by atoms with Crippen LogP contribution in [0.4, 0.5) is 0 Å². The molecule has 1 fully saturated rings. The second-order valence-electron chi connectivity index (χ2n) is 3.38. The van der Waals surface area contributed by atoms with Crippen LogP contribution in [0.5, 0.6) is 0 Å². The van der Waals surface area contributed by atoms with Gasteiger partial charge in [-0.05, 0) is 11.6 Å². The Hall–Kier alpha value is -1.29. The van der Waals surface area contributed by atoms with Crippen molar-refractivity contribution in [2.45, 2.75) is 6.54 Å². The van der Waals surface area contributed by atoms with E-state index in [0.29, 0.717) is 5.15 Å². The summed E-state index contributed by atoms with van der Waals surface area (Å²) < 4.78 is 0. The van der Waals surface area contributed by atoms with E-state index in [0.717, 1.165) is 31.2 Å². The summed E-state index contributed by atoms with van der Waals surface area (Å²) in [5.74, 6) is 0.949. The third kappa shape index (κ3) is 2.39. The van der Waals surface area contributed by atoms with Crippen LogP contribution in [0.25, 0.3) is 0 Å². The lowest BCUT2D eigenvalue weighted by Crippen LogP contribution is -2.29. The molecule has 0 amide bonds. The van der Waals surface area contributed by atoms with Gasteiger partial charge in [0.1, 0.15) is 5.15 Å². The summed E-state index contributed by atoms with van der Waals surface area (Å²) in [6, 6.07) is 3.80. The summed E-state index contributed by atoms with van der Waals surface area (Å²) in [6.45, 7) is 2.76. The van der Waals surface area contributed by atoms with Gasteiger partial charge in [-0.1, -0.05) is 17.7 Å². The molecule has 2 heterocycles. The Morgan fingerprint density at radius 1 is 1.60 bits per heavy atom. The Labute approximate surface area is 94.0 Å². The van der Waals surface area contributed by atoms with Crippen LogP contribution in [-0.2, 0) is 6.54 Å². The number of halogens is 1. The predicted octanol–water partition coefficient (Wildman–Crippen LogP) is 1.13. The van der Waals surface area contributed by atoms with Crippen LogP contribution in [0, 0.1) is 0 Å². The molecule has 4 nitrogen and oxygen atoms in total. The van der Waals surface area contributed by atoms with Crippen LogP contribution in [0.15, 0.2) is 23.3 Å². The average molecular weight is 225 g/mol. The molecule has 0 saturated carbocycles. The fraction of sp³-hybridized carbons (Fsp3) is 0.400. The first-order valence-electron chi connectivity index (χ1n) is 4.85. The number of hydrogen-bond donors (Lipinski definition) is 1. The molecule has 0 atom stereocenters. The highest BCUT2D eigenvalue weighted by molar-refractivity contribution is 6.29. The van der Waals surface area contributed by atoms with Gasteiger partial charge in [0.15, 0.2) is 5.96 Å². The van der Waals surface area contributed by atoms with Gasteiger partial charge in [-0.25, -0.2) is 4.98 Å². The summed E-state index contributed by atoms with van der Waals surface area (Å²) in [4.78, 5) is 10.4. The third-order valence-electron chi connectivity index (χ3n) is 2.34. The SMILES string of the molecule is CN=C1NCCN1Cc1ccc(Cl)nc1. The first-order chi connectivity index (χ1) is 7.29. The first-order valence-corrected chi connectivity index (χ1v) is 5.23. The second kappa shape index (κ2) is 4.49. The van der Waals surface area contributed by atoms with Crippen LogP contribution in [0.2, 0.25) is 5.15 Å². The molecule has 1 saturated heterocycles. The zero-order valence-corrected chi connectivity index (χ0v) is 9.33. The Bertz CT molecular complexity index is 360. The molecule has 0 bridgehead atoms. The number of aromatic nitrogens is 1. The molecule has 1 N–H and O–H groups in total. The molecular weight excluding hydrogens is 212 g/mol. The lowest BCUT2D eigenvalue weighted by molar-refractivity contribution is 0.456. The quantitative estimate of drug-likeness (QED) is 0.766. The standard InChI is InChI=1S/C10H13ClN4/c1-12-10-13-4-5-15(10)7-8-2-3-9(11)14-6-8/h2-3,6H,4-5,7H2,1H3,(H,12,13). The van der Waals surface area contributed by atoms with Crippen molar-refractivity contribution in [2.75, 3.05) is 20.1 Å². The van der Waals surface area contributed by atoms with E-state index in [-0.39, 0.29) is 0 Å². The van der Waals surface area contributed by atoms with Crippen molar-refractivity contribution in [3.8, 4) is 0 Å². The largest absolute Gasteiger partial charge is 0.354 e. The molecule has 1 aromatic heterocycles. The lowest BCUT2D eigenvalue weighted by atomic mass is 10.3. The lowest BCUT2D eigenvalue weighted by Gasteiger charge is -2.16. The molecule has 0 aromatic carbocycles. The number of nitrogens with one attached hydrogen (secondary N) is 1. The minimum absolute atomic E-state index is 0.530. The zero-order chi connectivity index (χ0) is 10.7. The number of aliphatic imine (C=N–C) groups is 1.